The second-order valence-electron chi connectivity index (χ2n) is 3.33. The van der Waals surface area contributed by atoms with E-state index in [0.717, 1.165) is 5.75 Å². The predicted molar refractivity (Wildman–Crippen MR) is 60.6 cm³/mol. The van der Waals surface area contributed by atoms with Gasteiger partial charge in [0.2, 0.25) is 0 Å². The van der Waals surface area contributed by atoms with Crippen molar-refractivity contribution in [1.82, 2.24) is 4.90 Å². The zero-order valence-corrected chi connectivity index (χ0v) is 9.38. The summed E-state index contributed by atoms with van der Waals surface area (Å²) >= 11 is 4.20. The summed E-state index contributed by atoms with van der Waals surface area (Å²) in [6.07, 6.45) is 6.90. The number of unbranched alkanes of at least 4 members (excludes halogenated alkanes) is 1. The fraction of sp³-hybridized carbons (Fsp3) is 1.00. The van der Waals surface area contributed by atoms with Crippen LogP contribution in [0.25, 0.3) is 0 Å². The number of rotatable bonds is 4. The Morgan fingerprint density at radius 1 is 1.00 bits per heavy atom. The first kappa shape index (κ1) is 12.6. The number of nitrogens with zero attached hydrogens (tertiary/aromatic N) is 1. The van der Waals surface area contributed by atoms with Gasteiger partial charge in [-0.05, 0) is 51.1 Å². The van der Waals surface area contributed by atoms with Crippen molar-refractivity contribution in [1.29, 1.82) is 0 Å². The van der Waals surface area contributed by atoms with Crippen LogP contribution in [0.4, 0.5) is 0 Å². The summed E-state index contributed by atoms with van der Waals surface area (Å²) < 4.78 is 0. The van der Waals surface area contributed by atoms with Crippen LogP contribution in [0.15, 0.2) is 0 Å². The van der Waals surface area contributed by atoms with Crippen LogP contribution < -0.4 is 0 Å². The average molecular weight is 210 g/mol. The van der Waals surface area contributed by atoms with Crippen molar-refractivity contribution in [3.63, 3.8) is 0 Å². The summed E-state index contributed by atoms with van der Waals surface area (Å²) in [6.45, 7) is 3.99. The molecule has 0 aromatic carbocycles. The van der Waals surface area contributed by atoms with E-state index in [-0.39, 0.29) is 12.4 Å². The summed E-state index contributed by atoms with van der Waals surface area (Å²) in [5.74, 6) is 1.05. The lowest BCUT2D eigenvalue weighted by atomic mass is 10.1. The van der Waals surface area contributed by atoms with Crippen molar-refractivity contribution >= 4 is 25.0 Å². The maximum absolute atomic E-state index is 4.20. The SMILES string of the molecule is Cl.SCCCCN1CCCCC1. The monoisotopic (exact) mass is 209 g/mol. The first-order valence-corrected chi connectivity index (χ1v) is 5.40. The molecule has 1 fully saturated rings. The van der Waals surface area contributed by atoms with Crippen LogP contribution in [0, 0.1) is 0 Å². The molecule has 1 rings (SSSR count). The second kappa shape index (κ2) is 8.21. The molecule has 0 N–H and O–H groups in total. The largest absolute Gasteiger partial charge is 0.303 e. The number of hydrogen-bond acceptors (Lipinski definition) is 2. The quantitative estimate of drug-likeness (QED) is 0.551. The Balaban J connectivity index is 0.00000121. The van der Waals surface area contributed by atoms with Gasteiger partial charge in [-0.25, -0.2) is 0 Å². The minimum absolute atomic E-state index is 0. The number of halogens is 1. The van der Waals surface area contributed by atoms with Crippen molar-refractivity contribution in [2.75, 3.05) is 25.4 Å². The Morgan fingerprint density at radius 3 is 2.25 bits per heavy atom. The number of likely N-dealkylation sites (tertiary alicyclic amines) is 1. The van der Waals surface area contributed by atoms with Crippen LogP contribution in [0.3, 0.4) is 0 Å². The van der Waals surface area contributed by atoms with Gasteiger partial charge < -0.3 is 4.90 Å². The van der Waals surface area contributed by atoms with Crippen LogP contribution >= 0.6 is 25.0 Å². The van der Waals surface area contributed by atoms with E-state index in [2.05, 4.69) is 17.5 Å². The van der Waals surface area contributed by atoms with Gasteiger partial charge in [0, 0.05) is 0 Å². The van der Waals surface area contributed by atoms with E-state index < -0.39 is 0 Å². The molecule has 3 heteroatoms. The van der Waals surface area contributed by atoms with Gasteiger partial charge in [-0.15, -0.1) is 12.4 Å². The molecule has 0 atom stereocenters. The smallest absolute Gasteiger partial charge is 0.00184 e. The zero-order valence-electron chi connectivity index (χ0n) is 7.67. The molecule has 0 spiro atoms. The van der Waals surface area contributed by atoms with E-state index >= 15 is 0 Å². The lowest BCUT2D eigenvalue weighted by Crippen LogP contribution is -2.30. The van der Waals surface area contributed by atoms with Gasteiger partial charge in [0.1, 0.15) is 0 Å². The van der Waals surface area contributed by atoms with Crippen LogP contribution in [0.2, 0.25) is 0 Å². The van der Waals surface area contributed by atoms with Gasteiger partial charge in [-0.1, -0.05) is 6.42 Å². The van der Waals surface area contributed by atoms with E-state index in [9.17, 15) is 0 Å². The van der Waals surface area contributed by atoms with Crippen molar-refractivity contribution in [2.45, 2.75) is 32.1 Å². The number of thiol groups is 1. The van der Waals surface area contributed by atoms with Gasteiger partial charge in [0.15, 0.2) is 0 Å². The van der Waals surface area contributed by atoms with E-state index in [0.29, 0.717) is 0 Å². The van der Waals surface area contributed by atoms with Crippen LogP contribution in [-0.4, -0.2) is 30.3 Å². The standard InChI is InChI=1S/C9H19NS.ClH/c11-9-5-4-8-10-6-2-1-3-7-10;/h11H,1-9H2;1H. The number of piperidine rings is 1. The molecule has 0 bridgehead atoms. The van der Waals surface area contributed by atoms with E-state index in [1.54, 1.807) is 0 Å². The zero-order chi connectivity index (χ0) is 7.94. The highest BCUT2D eigenvalue weighted by molar-refractivity contribution is 7.80. The van der Waals surface area contributed by atoms with Crippen molar-refractivity contribution in [3.8, 4) is 0 Å². The average Bonchev–Trinajstić information content (AvgIpc) is 2.07. The third kappa shape index (κ3) is 5.28. The molecule has 74 valence electrons. The number of hydrogen-bond donors (Lipinski definition) is 1. The van der Waals surface area contributed by atoms with Crippen LogP contribution in [0.5, 0.6) is 0 Å². The molecule has 1 nitrogen and oxygen atoms in total. The summed E-state index contributed by atoms with van der Waals surface area (Å²) in [5, 5.41) is 0. The molecule has 1 aliphatic rings. The molecule has 1 saturated heterocycles. The molecule has 0 aromatic rings. The maximum Gasteiger partial charge on any atom is -0.00184 e. The second-order valence-corrected chi connectivity index (χ2v) is 3.78. The van der Waals surface area contributed by atoms with E-state index in [4.69, 9.17) is 0 Å². The third-order valence-corrected chi connectivity index (χ3v) is 2.65. The molecular formula is C9H20ClNS. The van der Waals surface area contributed by atoms with Crippen molar-refractivity contribution in [2.24, 2.45) is 0 Å². The van der Waals surface area contributed by atoms with Crippen molar-refractivity contribution < 1.29 is 0 Å². The Morgan fingerprint density at radius 2 is 1.67 bits per heavy atom. The van der Waals surface area contributed by atoms with Gasteiger partial charge in [0.25, 0.3) is 0 Å². The van der Waals surface area contributed by atoms with E-state index in [1.807, 2.05) is 0 Å². The third-order valence-electron chi connectivity index (χ3n) is 2.33. The molecule has 12 heavy (non-hydrogen) atoms. The fourth-order valence-electron chi connectivity index (χ4n) is 1.63. The highest BCUT2D eigenvalue weighted by atomic mass is 35.5. The van der Waals surface area contributed by atoms with Crippen LogP contribution in [-0.2, 0) is 0 Å². The van der Waals surface area contributed by atoms with Gasteiger partial charge in [-0.2, -0.15) is 12.6 Å². The lowest BCUT2D eigenvalue weighted by Gasteiger charge is -2.26. The summed E-state index contributed by atoms with van der Waals surface area (Å²) in [4.78, 5) is 2.59. The highest BCUT2D eigenvalue weighted by Crippen LogP contribution is 2.09. The molecular weight excluding hydrogens is 190 g/mol. The lowest BCUT2D eigenvalue weighted by molar-refractivity contribution is 0.226. The van der Waals surface area contributed by atoms with Gasteiger partial charge >= 0.3 is 0 Å². The molecule has 1 heterocycles. The highest BCUT2D eigenvalue weighted by Gasteiger charge is 2.08. The first-order valence-electron chi connectivity index (χ1n) is 4.76. The first-order chi connectivity index (χ1) is 5.43. The maximum atomic E-state index is 4.20. The van der Waals surface area contributed by atoms with E-state index in [1.165, 1.54) is 51.7 Å². The Hall–Kier alpha value is 0.600. The normalized spacial score (nSPS) is 18.8. The Bertz CT molecular complexity index is 94.5. The molecule has 0 aromatic heterocycles. The Kier molecular flexibility index (Phi) is 8.62. The summed E-state index contributed by atoms with van der Waals surface area (Å²) in [7, 11) is 0. The van der Waals surface area contributed by atoms with Gasteiger partial charge in [-0.3, -0.25) is 0 Å². The summed E-state index contributed by atoms with van der Waals surface area (Å²) in [5.41, 5.74) is 0. The minimum atomic E-state index is 0. The molecule has 0 saturated carbocycles. The van der Waals surface area contributed by atoms with Crippen molar-refractivity contribution in [3.05, 3.63) is 0 Å². The predicted octanol–water partition coefficient (Wildman–Crippen LogP) is 2.60. The molecule has 1 aliphatic heterocycles. The topological polar surface area (TPSA) is 3.24 Å². The van der Waals surface area contributed by atoms with Gasteiger partial charge in [0.05, 0.1) is 0 Å². The van der Waals surface area contributed by atoms with Crippen LogP contribution in [0.1, 0.15) is 32.1 Å². The minimum Gasteiger partial charge on any atom is -0.303 e. The fourth-order valence-corrected chi connectivity index (χ4v) is 1.85. The Labute approximate surface area is 87.7 Å². The molecule has 0 unspecified atom stereocenters. The molecule has 0 amide bonds. The molecule has 0 radical (unpaired) electrons. The summed E-state index contributed by atoms with van der Waals surface area (Å²) in [6, 6.07) is 0. The molecule has 0 aliphatic carbocycles.